The Kier molecular flexibility index (Phi) is 4.28. The molecule has 0 saturated carbocycles. The summed E-state index contributed by atoms with van der Waals surface area (Å²) in [5, 5.41) is 2.50. The van der Waals surface area contributed by atoms with Crippen LogP contribution in [0.25, 0.3) is 0 Å². The van der Waals surface area contributed by atoms with Gasteiger partial charge in [-0.15, -0.1) is 0 Å². The van der Waals surface area contributed by atoms with Gasteiger partial charge < -0.3 is 5.32 Å². The highest BCUT2D eigenvalue weighted by Crippen LogP contribution is 2.00. The molecule has 0 rings (SSSR count). The lowest BCUT2D eigenvalue weighted by Crippen LogP contribution is -2.51. The quantitative estimate of drug-likeness (QED) is 0.295. The van der Waals surface area contributed by atoms with Gasteiger partial charge in [-0.3, -0.25) is 15.0 Å². The Morgan fingerprint density at radius 2 is 1.83 bits per heavy atom. The van der Waals surface area contributed by atoms with Gasteiger partial charge in [-0.1, -0.05) is 13.8 Å². The second-order valence-corrected chi connectivity index (χ2v) is 2.93. The normalized spacial score (nSPS) is 12.4. The van der Waals surface area contributed by atoms with E-state index in [2.05, 4.69) is 5.32 Å². The van der Waals surface area contributed by atoms with Gasteiger partial charge >= 0.3 is 0 Å². The second-order valence-electron chi connectivity index (χ2n) is 2.93. The van der Waals surface area contributed by atoms with E-state index in [0.717, 1.165) is 0 Å². The van der Waals surface area contributed by atoms with Gasteiger partial charge in [-0.05, 0) is 5.92 Å². The van der Waals surface area contributed by atoms with Crippen LogP contribution in [0, 0.1) is 5.92 Å². The number of carbonyl (C=O) groups excluding carboxylic acids is 2. The first-order chi connectivity index (χ1) is 5.49. The van der Waals surface area contributed by atoms with Crippen LogP contribution in [-0.2, 0) is 9.59 Å². The maximum absolute atomic E-state index is 11.0. The van der Waals surface area contributed by atoms with E-state index in [1.165, 1.54) is 6.92 Å². The summed E-state index contributed by atoms with van der Waals surface area (Å²) in [7, 11) is 0. The maximum atomic E-state index is 11.0. The van der Waals surface area contributed by atoms with E-state index in [0.29, 0.717) is 0 Å². The second kappa shape index (κ2) is 4.71. The zero-order valence-electron chi connectivity index (χ0n) is 7.55. The third kappa shape index (κ3) is 3.34. The fourth-order valence-corrected chi connectivity index (χ4v) is 0.844. The Bertz CT molecular complexity index is 179. The molecular weight excluding hydrogens is 158 g/mol. The molecule has 0 saturated heterocycles. The Labute approximate surface area is 71.7 Å². The molecule has 0 heterocycles. The van der Waals surface area contributed by atoms with Gasteiger partial charge in [0, 0.05) is 6.92 Å². The van der Waals surface area contributed by atoms with E-state index in [9.17, 15) is 9.59 Å². The van der Waals surface area contributed by atoms with Gasteiger partial charge in [0.1, 0.15) is 6.04 Å². The van der Waals surface area contributed by atoms with Crippen molar-refractivity contribution in [3.05, 3.63) is 0 Å². The van der Waals surface area contributed by atoms with Crippen molar-refractivity contribution in [2.75, 3.05) is 0 Å². The van der Waals surface area contributed by atoms with Crippen molar-refractivity contribution < 1.29 is 9.59 Å². The molecule has 0 aromatic carbocycles. The Hall–Kier alpha value is -1.10. The molecular formula is C7H15N3O2. The first kappa shape index (κ1) is 10.9. The molecule has 2 amide bonds. The third-order valence-electron chi connectivity index (χ3n) is 1.45. The molecule has 0 spiro atoms. The Morgan fingerprint density at radius 3 is 2.08 bits per heavy atom. The molecule has 0 aromatic rings. The summed E-state index contributed by atoms with van der Waals surface area (Å²) in [6.45, 7) is 5.02. The van der Waals surface area contributed by atoms with E-state index < -0.39 is 6.04 Å². The summed E-state index contributed by atoms with van der Waals surface area (Å²) in [6, 6.07) is -0.549. The standard InChI is InChI=1S/C7H15N3O2/c1-4(2)6(7(12)10-8)9-5(3)11/h4,6H,8H2,1-3H3,(H,9,11)(H,10,12)/t6-/m0/s1. The summed E-state index contributed by atoms with van der Waals surface area (Å²) < 4.78 is 0. The number of nitrogens with two attached hydrogens (primary N) is 1. The fourth-order valence-electron chi connectivity index (χ4n) is 0.844. The monoisotopic (exact) mass is 173 g/mol. The average Bonchev–Trinajstić information content (AvgIpc) is 1.98. The van der Waals surface area contributed by atoms with Crippen LogP contribution in [0.2, 0.25) is 0 Å². The van der Waals surface area contributed by atoms with Crippen LogP contribution < -0.4 is 16.6 Å². The van der Waals surface area contributed by atoms with Crippen LogP contribution in [0.15, 0.2) is 0 Å². The van der Waals surface area contributed by atoms with Gasteiger partial charge in [0.25, 0.3) is 5.91 Å². The van der Waals surface area contributed by atoms with Gasteiger partial charge in [0.05, 0.1) is 0 Å². The van der Waals surface area contributed by atoms with Gasteiger partial charge in [0.2, 0.25) is 5.91 Å². The number of rotatable bonds is 3. The minimum Gasteiger partial charge on any atom is -0.344 e. The van der Waals surface area contributed by atoms with E-state index in [1.54, 1.807) is 0 Å². The molecule has 0 aliphatic heterocycles. The summed E-state index contributed by atoms with van der Waals surface area (Å²) in [4.78, 5) is 21.7. The topological polar surface area (TPSA) is 84.2 Å². The number of hydrazine groups is 1. The highest BCUT2D eigenvalue weighted by molar-refractivity contribution is 5.86. The van der Waals surface area contributed by atoms with E-state index in [-0.39, 0.29) is 17.7 Å². The van der Waals surface area contributed by atoms with Crippen molar-refractivity contribution in [2.24, 2.45) is 11.8 Å². The number of carbonyl (C=O) groups is 2. The predicted molar refractivity (Wildman–Crippen MR) is 44.8 cm³/mol. The first-order valence-electron chi connectivity index (χ1n) is 3.76. The van der Waals surface area contributed by atoms with Gasteiger partial charge in [-0.2, -0.15) is 0 Å². The lowest BCUT2D eigenvalue weighted by atomic mass is 10.0. The predicted octanol–water partition coefficient (Wildman–Crippen LogP) is -0.863. The van der Waals surface area contributed by atoms with Crippen LogP contribution in [-0.4, -0.2) is 17.9 Å². The number of amides is 2. The largest absolute Gasteiger partial charge is 0.344 e. The van der Waals surface area contributed by atoms with Crippen LogP contribution in [0.4, 0.5) is 0 Å². The molecule has 0 fully saturated rings. The smallest absolute Gasteiger partial charge is 0.256 e. The number of hydrogen-bond acceptors (Lipinski definition) is 3. The van der Waals surface area contributed by atoms with Crippen LogP contribution in [0.1, 0.15) is 20.8 Å². The van der Waals surface area contributed by atoms with Gasteiger partial charge in [0.15, 0.2) is 0 Å². The molecule has 0 aliphatic carbocycles. The van der Waals surface area contributed by atoms with Crippen LogP contribution in [0.5, 0.6) is 0 Å². The molecule has 4 N–H and O–H groups in total. The SMILES string of the molecule is CC(=O)N[C@H](C(=O)NN)C(C)C. The molecule has 1 atom stereocenters. The van der Waals surface area contributed by atoms with Crippen molar-refractivity contribution in [3.8, 4) is 0 Å². The minimum atomic E-state index is -0.549. The average molecular weight is 173 g/mol. The minimum absolute atomic E-state index is 0.0254. The maximum Gasteiger partial charge on any atom is 0.256 e. The Balaban J connectivity index is 4.23. The lowest BCUT2D eigenvalue weighted by molar-refractivity contribution is -0.129. The van der Waals surface area contributed by atoms with E-state index in [1.807, 2.05) is 19.3 Å². The molecule has 0 bridgehead atoms. The fraction of sp³-hybridized carbons (Fsp3) is 0.714. The van der Waals surface area contributed by atoms with Crippen molar-refractivity contribution in [1.29, 1.82) is 0 Å². The summed E-state index contributed by atoms with van der Waals surface area (Å²) >= 11 is 0. The first-order valence-corrected chi connectivity index (χ1v) is 3.76. The molecule has 0 radical (unpaired) electrons. The molecule has 70 valence electrons. The van der Waals surface area contributed by atoms with Crippen molar-refractivity contribution >= 4 is 11.8 Å². The molecule has 5 heteroatoms. The van der Waals surface area contributed by atoms with E-state index in [4.69, 9.17) is 5.84 Å². The van der Waals surface area contributed by atoms with Gasteiger partial charge in [-0.25, -0.2) is 5.84 Å². The summed E-state index contributed by atoms with van der Waals surface area (Å²) in [5.41, 5.74) is 2.00. The molecule has 5 nitrogen and oxygen atoms in total. The number of hydrogen-bond donors (Lipinski definition) is 3. The molecule has 12 heavy (non-hydrogen) atoms. The van der Waals surface area contributed by atoms with Crippen molar-refractivity contribution in [1.82, 2.24) is 10.7 Å². The third-order valence-corrected chi connectivity index (χ3v) is 1.45. The Morgan fingerprint density at radius 1 is 1.33 bits per heavy atom. The summed E-state index contributed by atoms with van der Waals surface area (Å²) in [6.07, 6.45) is 0. The molecule has 0 unspecified atom stereocenters. The van der Waals surface area contributed by atoms with E-state index >= 15 is 0 Å². The number of nitrogens with one attached hydrogen (secondary N) is 2. The highest BCUT2D eigenvalue weighted by Gasteiger charge is 2.21. The van der Waals surface area contributed by atoms with Crippen LogP contribution in [0.3, 0.4) is 0 Å². The zero-order chi connectivity index (χ0) is 9.72. The molecule has 0 aromatic heterocycles. The van der Waals surface area contributed by atoms with Crippen molar-refractivity contribution in [3.63, 3.8) is 0 Å². The highest BCUT2D eigenvalue weighted by atomic mass is 16.2. The van der Waals surface area contributed by atoms with Crippen molar-refractivity contribution in [2.45, 2.75) is 26.8 Å². The zero-order valence-corrected chi connectivity index (χ0v) is 7.55. The lowest BCUT2D eigenvalue weighted by Gasteiger charge is -2.19. The molecule has 0 aliphatic rings. The van der Waals surface area contributed by atoms with Crippen LogP contribution >= 0.6 is 0 Å². The summed E-state index contributed by atoms with van der Waals surface area (Å²) in [5.74, 6) is 4.35.